The summed E-state index contributed by atoms with van der Waals surface area (Å²) in [5.41, 5.74) is 7.90. The molecule has 0 aliphatic heterocycles. The zero-order valence-electron chi connectivity index (χ0n) is 13.0. The van der Waals surface area contributed by atoms with Gasteiger partial charge in [-0.05, 0) is 25.1 Å². The highest BCUT2D eigenvalue weighted by atomic mass is 35.5. The molecule has 7 nitrogen and oxygen atoms in total. The lowest BCUT2D eigenvalue weighted by Gasteiger charge is -2.13. The van der Waals surface area contributed by atoms with Gasteiger partial charge in [-0.2, -0.15) is 13.9 Å². The quantitative estimate of drug-likeness (QED) is 0.669. The van der Waals surface area contributed by atoms with Gasteiger partial charge in [-0.1, -0.05) is 11.6 Å². The number of hydrogen-bond donors (Lipinski definition) is 2. The Morgan fingerprint density at radius 2 is 2.04 bits per heavy atom. The Bertz CT molecular complexity index is 746. The molecule has 1 heterocycles. The molecule has 132 valence electrons. The molecule has 0 bridgehead atoms. The van der Waals surface area contributed by atoms with E-state index in [1.165, 1.54) is 30.7 Å². The minimum absolute atomic E-state index is 0.0539. The third-order valence-electron chi connectivity index (χ3n) is 2.90. The van der Waals surface area contributed by atoms with Crippen molar-refractivity contribution in [3.05, 3.63) is 53.6 Å². The number of hydrogen-bond acceptors (Lipinski definition) is 7. The predicted octanol–water partition coefficient (Wildman–Crippen LogP) is 4.48. The van der Waals surface area contributed by atoms with Crippen molar-refractivity contribution in [3.63, 3.8) is 0 Å². The van der Waals surface area contributed by atoms with Crippen LogP contribution in [-0.4, -0.2) is 22.7 Å². The SMILES string of the molecule is C[C@H](Oc1ncccn1)/C(=C/Nc1ccc(Cl)c(OC(F)F)c1)N=N. The lowest BCUT2D eigenvalue weighted by Crippen LogP contribution is -2.16. The number of benzene rings is 1. The van der Waals surface area contributed by atoms with Crippen LogP contribution in [0.15, 0.2) is 53.7 Å². The molecule has 0 saturated carbocycles. The summed E-state index contributed by atoms with van der Waals surface area (Å²) in [6.07, 6.45) is 3.83. The van der Waals surface area contributed by atoms with Gasteiger partial charge in [0, 0.05) is 30.3 Å². The van der Waals surface area contributed by atoms with E-state index in [0.717, 1.165) is 0 Å². The molecule has 0 saturated heterocycles. The van der Waals surface area contributed by atoms with E-state index in [2.05, 4.69) is 25.1 Å². The van der Waals surface area contributed by atoms with E-state index in [0.29, 0.717) is 5.69 Å². The van der Waals surface area contributed by atoms with E-state index < -0.39 is 12.7 Å². The number of ether oxygens (including phenoxy) is 2. The molecular weight excluding hydrogens is 356 g/mol. The first kappa shape index (κ1) is 18.5. The Hall–Kier alpha value is -2.81. The number of halogens is 3. The molecule has 2 N–H and O–H groups in total. The van der Waals surface area contributed by atoms with Crippen molar-refractivity contribution in [1.82, 2.24) is 9.97 Å². The highest BCUT2D eigenvalue weighted by Gasteiger charge is 2.12. The van der Waals surface area contributed by atoms with Gasteiger partial charge in [0.05, 0.1) is 5.02 Å². The predicted molar refractivity (Wildman–Crippen MR) is 87.1 cm³/mol. The Labute approximate surface area is 147 Å². The van der Waals surface area contributed by atoms with Crippen LogP contribution in [-0.2, 0) is 0 Å². The Balaban J connectivity index is 2.08. The fourth-order valence-corrected chi connectivity index (χ4v) is 1.90. The number of rotatable bonds is 8. The molecule has 2 rings (SSSR count). The minimum Gasteiger partial charge on any atom is -0.454 e. The van der Waals surface area contributed by atoms with Gasteiger partial charge in [-0.25, -0.2) is 15.5 Å². The van der Waals surface area contributed by atoms with Crippen LogP contribution < -0.4 is 14.8 Å². The van der Waals surface area contributed by atoms with E-state index in [1.54, 1.807) is 19.1 Å². The number of anilines is 1. The van der Waals surface area contributed by atoms with Gasteiger partial charge in [0.2, 0.25) is 0 Å². The molecule has 0 aliphatic carbocycles. The minimum atomic E-state index is -2.98. The lowest BCUT2D eigenvalue weighted by atomic mass is 10.3. The molecule has 0 amide bonds. The molecule has 1 aromatic carbocycles. The van der Waals surface area contributed by atoms with Gasteiger partial charge in [0.1, 0.15) is 17.6 Å². The first-order valence-corrected chi connectivity index (χ1v) is 7.39. The summed E-state index contributed by atoms with van der Waals surface area (Å²) in [5.74, 6) is -0.165. The number of alkyl halides is 2. The van der Waals surface area contributed by atoms with Crippen LogP contribution >= 0.6 is 11.6 Å². The van der Waals surface area contributed by atoms with Crippen LogP contribution in [0.5, 0.6) is 11.8 Å². The summed E-state index contributed by atoms with van der Waals surface area (Å²) in [4.78, 5) is 7.83. The smallest absolute Gasteiger partial charge is 0.387 e. The van der Waals surface area contributed by atoms with Gasteiger partial charge in [-0.3, -0.25) is 0 Å². The van der Waals surface area contributed by atoms with Crippen molar-refractivity contribution in [2.24, 2.45) is 5.11 Å². The molecule has 25 heavy (non-hydrogen) atoms. The molecule has 10 heteroatoms. The third-order valence-corrected chi connectivity index (χ3v) is 3.22. The van der Waals surface area contributed by atoms with Crippen LogP contribution in [0.25, 0.3) is 0 Å². The molecule has 0 fully saturated rings. The maximum atomic E-state index is 12.3. The summed E-state index contributed by atoms with van der Waals surface area (Å²) >= 11 is 5.79. The largest absolute Gasteiger partial charge is 0.454 e. The van der Waals surface area contributed by atoms with Gasteiger partial charge in [-0.15, -0.1) is 0 Å². The second kappa shape index (κ2) is 8.88. The van der Waals surface area contributed by atoms with Crippen LogP contribution in [0.2, 0.25) is 5.02 Å². The number of nitrogens with one attached hydrogen (secondary N) is 2. The van der Waals surface area contributed by atoms with Crippen molar-refractivity contribution >= 4 is 17.3 Å². The van der Waals surface area contributed by atoms with Gasteiger partial charge in [0.25, 0.3) is 0 Å². The monoisotopic (exact) mass is 369 g/mol. The Morgan fingerprint density at radius 3 is 2.68 bits per heavy atom. The van der Waals surface area contributed by atoms with Crippen LogP contribution in [0.3, 0.4) is 0 Å². The first-order chi connectivity index (χ1) is 12.0. The highest BCUT2D eigenvalue weighted by molar-refractivity contribution is 6.32. The van der Waals surface area contributed by atoms with Gasteiger partial charge >= 0.3 is 12.6 Å². The van der Waals surface area contributed by atoms with Crippen LogP contribution in [0, 0.1) is 5.53 Å². The van der Waals surface area contributed by atoms with Crippen molar-refractivity contribution in [1.29, 1.82) is 5.53 Å². The second-order valence-corrected chi connectivity index (χ2v) is 5.05. The fraction of sp³-hybridized carbons (Fsp3) is 0.200. The maximum Gasteiger partial charge on any atom is 0.387 e. The average Bonchev–Trinajstić information content (AvgIpc) is 2.58. The van der Waals surface area contributed by atoms with Crippen molar-refractivity contribution in [2.75, 3.05) is 5.32 Å². The molecular formula is C15H14ClF2N5O2. The summed E-state index contributed by atoms with van der Waals surface area (Å²) in [7, 11) is 0. The van der Waals surface area contributed by atoms with Crippen LogP contribution in [0.4, 0.5) is 14.5 Å². The second-order valence-electron chi connectivity index (χ2n) is 4.64. The summed E-state index contributed by atoms with van der Waals surface area (Å²) in [6.45, 7) is -1.32. The Kier molecular flexibility index (Phi) is 6.58. The number of nitrogens with zero attached hydrogens (tertiary/aromatic N) is 3. The summed E-state index contributed by atoms with van der Waals surface area (Å²) in [6, 6.07) is 6.06. The van der Waals surface area contributed by atoms with Gasteiger partial charge < -0.3 is 14.8 Å². The van der Waals surface area contributed by atoms with E-state index >= 15 is 0 Å². The van der Waals surface area contributed by atoms with Crippen molar-refractivity contribution in [2.45, 2.75) is 19.6 Å². The molecule has 1 aromatic heterocycles. The zero-order chi connectivity index (χ0) is 18.2. The van der Waals surface area contributed by atoms with E-state index in [-0.39, 0.29) is 22.5 Å². The third kappa shape index (κ3) is 5.64. The number of aromatic nitrogens is 2. The fourth-order valence-electron chi connectivity index (χ4n) is 1.74. The van der Waals surface area contributed by atoms with Crippen molar-refractivity contribution < 1.29 is 18.3 Å². The maximum absolute atomic E-state index is 12.3. The molecule has 2 aromatic rings. The van der Waals surface area contributed by atoms with Gasteiger partial charge in [0.15, 0.2) is 0 Å². The standard InChI is InChI=1S/C15H14ClF2N5O2/c1-9(24-15-20-5-2-6-21-15)12(23-19)8-22-10-3-4-11(16)13(7-10)25-14(17)18/h2-9,14,19,22H,1H3/b12-8-,23-19?/t9-/m0/s1. The first-order valence-electron chi connectivity index (χ1n) is 7.01. The highest BCUT2D eigenvalue weighted by Crippen LogP contribution is 2.29. The summed E-state index contributed by atoms with van der Waals surface area (Å²) < 4.78 is 34.4. The zero-order valence-corrected chi connectivity index (χ0v) is 13.7. The van der Waals surface area contributed by atoms with E-state index in [4.69, 9.17) is 21.9 Å². The molecule has 0 unspecified atom stereocenters. The molecule has 1 atom stereocenters. The Morgan fingerprint density at radius 1 is 1.32 bits per heavy atom. The average molecular weight is 370 g/mol. The molecule has 0 aliphatic rings. The van der Waals surface area contributed by atoms with E-state index in [1.807, 2.05) is 0 Å². The topological polar surface area (TPSA) is 92.5 Å². The summed E-state index contributed by atoms with van der Waals surface area (Å²) in [5, 5.41) is 6.26. The molecule has 0 spiro atoms. The molecule has 0 radical (unpaired) electrons. The normalized spacial score (nSPS) is 12.6. The van der Waals surface area contributed by atoms with Crippen LogP contribution in [0.1, 0.15) is 6.92 Å². The van der Waals surface area contributed by atoms with Crippen molar-refractivity contribution in [3.8, 4) is 11.8 Å². The lowest BCUT2D eigenvalue weighted by molar-refractivity contribution is -0.0497. The van der Waals surface area contributed by atoms with E-state index in [9.17, 15) is 8.78 Å².